The molecule has 0 radical (unpaired) electrons. The lowest BCUT2D eigenvalue weighted by Gasteiger charge is -2.17. The van der Waals surface area contributed by atoms with Crippen LogP contribution in [0.1, 0.15) is 49.8 Å². The first-order valence-corrected chi connectivity index (χ1v) is 8.54. The van der Waals surface area contributed by atoms with Gasteiger partial charge in [0.05, 0.1) is 0 Å². The van der Waals surface area contributed by atoms with Gasteiger partial charge in [-0.3, -0.25) is 4.98 Å². The van der Waals surface area contributed by atoms with Crippen LogP contribution in [-0.2, 0) is 6.54 Å². The predicted octanol–water partition coefficient (Wildman–Crippen LogP) is 3.93. The third-order valence-corrected chi connectivity index (χ3v) is 4.24. The number of aromatic nitrogens is 3. The summed E-state index contributed by atoms with van der Waals surface area (Å²) < 4.78 is 0. The second-order valence-electron chi connectivity index (χ2n) is 6.27. The van der Waals surface area contributed by atoms with Crippen molar-refractivity contribution in [3.05, 3.63) is 41.9 Å². The standard InChI is InChI=1S/C18H25N5/c1-14-11-17(20-13-15-7-6-10-19-12-15)23-18(21-14)22-16-8-4-2-3-5-9-16/h6-7,10-12,16H,2-5,8-9,13H2,1H3,(H2,20,21,22,23). The van der Waals surface area contributed by atoms with E-state index in [0.717, 1.165) is 23.0 Å². The number of anilines is 2. The summed E-state index contributed by atoms with van der Waals surface area (Å²) in [5.74, 6) is 1.60. The Labute approximate surface area is 138 Å². The minimum Gasteiger partial charge on any atom is -0.366 e. The monoisotopic (exact) mass is 311 g/mol. The maximum atomic E-state index is 4.62. The van der Waals surface area contributed by atoms with E-state index in [2.05, 4.69) is 31.7 Å². The summed E-state index contributed by atoms with van der Waals surface area (Å²) in [6.45, 7) is 2.72. The molecule has 2 aromatic heterocycles. The first-order chi connectivity index (χ1) is 11.3. The van der Waals surface area contributed by atoms with Gasteiger partial charge in [0.25, 0.3) is 0 Å². The smallest absolute Gasteiger partial charge is 0.225 e. The zero-order chi connectivity index (χ0) is 15.9. The van der Waals surface area contributed by atoms with E-state index in [0.29, 0.717) is 12.6 Å². The third-order valence-electron chi connectivity index (χ3n) is 4.24. The molecule has 2 heterocycles. The Hall–Kier alpha value is -2.17. The van der Waals surface area contributed by atoms with Crippen LogP contribution in [0.3, 0.4) is 0 Å². The van der Waals surface area contributed by atoms with Gasteiger partial charge < -0.3 is 10.6 Å². The van der Waals surface area contributed by atoms with E-state index in [-0.39, 0.29) is 0 Å². The molecule has 1 saturated carbocycles. The molecule has 122 valence electrons. The second kappa shape index (κ2) is 7.90. The Morgan fingerprint density at radius 3 is 2.70 bits per heavy atom. The number of pyridine rings is 1. The van der Waals surface area contributed by atoms with Crippen LogP contribution in [0.25, 0.3) is 0 Å². The molecule has 23 heavy (non-hydrogen) atoms. The molecule has 5 heteroatoms. The fraction of sp³-hybridized carbons (Fsp3) is 0.500. The zero-order valence-corrected chi connectivity index (χ0v) is 13.8. The van der Waals surface area contributed by atoms with Gasteiger partial charge in [0, 0.05) is 36.7 Å². The van der Waals surface area contributed by atoms with E-state index in [1.807, 2.05) is 25.3 Å². The van der Waals surface area contributed by atoms with Crippen LogP contribution in [0.4, 0.5) is 11.8 Å². The summed E-state index contributed by atoms with van der Waals surface area (Å²) >= 11 is 0. The van der Waals surface area contributed by atoms with Gasteiger partial charge in [-0.1, -0.05) is 31.7 Å². The van der Waals surface area contributed by atoms with Crippen molar-refractivity contribution in [2.75, 3.05) is 10.6 Å². The number of hydrogen-bond donors (Lipinski definition) is 2. The van der Waals surface area contributed by atoms with Gasteiger partial charge in [-0.15, -0.1) is 0 Å². The summed E-state index contributed by atoms with van der Waals surface area (Å²) in [6, 6.07) is 6.49. The molecule has 2 N–H and O–H groups in total. The van der Waals surface area contributed by atoms with E-state index in [1.165, 1.54) is 38.5 Å². The summed E-state index contributed by atoms with van der Waals surface area (Å²) in [5, 5.41) is 6.89. The molecule has 1 fully saturated rings. The van der Waals surface area contributed by atoms with Crippen molar-refractivity contribution in [2.45, 2.75) is 58.0 Å². The highest BCUT2D eigenvalue weighted by Gasteiger charge is 2.13. The molecule has 1 aliphatic carbocycles. The number of nitrogens with zero attached hydrogens (tertiary/aromatic N) is 3. The maximum absolute atomic E-state index is 4.62. The summed E-state index contributed by atoms with van der Waals surface area (Å²) in [7, 11) is 0. The molecule has 0 amide bonds. The summed E-state index contributed by atoms with van der Waals surface area (Å²) in [6.07, 6.45) is 11.4. The first-order valence-electron chi connectivity index (χ1n) is 8.54. The van der Waals surface area contributed by atoms with E-state index >= 15 is 0 Å². The fourth-order valence-electron chi connectivity index (χ4n) is 3.03. The van der Waals surface area contributed by atoms with Crippen molar-refractivity contribution in [1.29, 1.82) is 0 Å². The van der Waals surface area contributed by atoms with Crippen molar-refractivity contribution < 1.29 is 0 Å². The van der Waals surface area contributed by atoms with Crippen LogP contribution >= 0.6 is 0 Å². The van der Waals surface area contributed by atoms with Crippen LogP contribution in [0.5, 0.6) is 0 Å². The lowest BCUT2D eigenvalue weighted by Crippen LogP contribution is -2.20. The molecular weight excluding hydrogens is 286 g/mol. The SMILES string of the molecule is Cc1cc(NCc2cccnc2)nc(NC2CCCCCC2)n1. The molecule has 0 aliphatic heterocycles. The lowest BCUT2D eigenvalue weighted by atomic mass is 10.1. The average molecular weight is 311 g/mol. The summed E-state index contributed by atoms with van der Waals surface area (Å²) in [4.78, 5) is 13.3. The highest BCUT2D eigenvalue weighted by atomic mass is 15.2. The van der Waals surface area contributed by atoms with Gasteiger partial charge in [0.1, 0.15) is 5.82 Å². The van der Waals surface area contributed by atoms with Crippen molar-refractivity contribution in [1.82, 2.24) is 15.0 Å². The first kappa shape index (κ1) is 15.7. The molecule has 1 aliphatic rings. The molecule has 0 aromatic carbocycles. The van der Waals surface area contributed by atoms with Crippen LogP contribution in [0, 0.1) is 6.92 Å². The lowest BCUT2D eigenvalue weighted by molar-refractivity contribution is 0.614. The van der Waals surface area contributed by atoms with Crippen LogP contribution in [0.2, 0.25) is 0 Å². The molecule has 0 bridgehead atoms. The average Bonchev–Trinajstić information content (AvgIpc) is 2.82. The molecule has 0 unspecified atom stereocenters. The Bertz CT molecular complexity index is 606. The van der Waals surface area contributed by atoms with Gasteiger partial charge in [-0.25, -0.2) is 4.98 Å². The highest BCUT2D eigenvalue weighted by Crippen LogP contribution is 2.20. The molecule has 0 spiro atoms. The van der Waals surface area contributed by atoms with Crippen LogP contribution in [-0.4, -0.2) is 21.0 Å². The Morgan fingerprint density at radius 2 is 1.96 bits per heavy atom. The van der Waals surface area contributed by atoms with Crippen molar-refractivity contribution in [2.24, 2.45) is 0 Å². The Balaban J connectivity index is 1.63. The van der Waals surface area contributed by atoms with Crippen LogP contribution < -0.4 is 10.6 Å². The van der Waals surface area contributed by atoms with Crippen molar-refractivity contribution >= 4 is 11.8 Å². The Morgan fingerprint density at radius 1 is 1.13 bits per heavy atom. The minimum absolute atomic E-state index is 0.505. The quantitative estimate of drug-likeness (QED) is 0.819. The Kier molecular flexibility index (Phi) is 5.40. The minimum atomic E-state index is 0.505. The normalized spacial score (nSPS) is 15.9. The van der Waals surface area contributed by atoms with Gasteiger partial charge >= 0.3 is 0 Å². The topological polar surface area (TPSA) is 62.7 Å². The van der Waals surface area contributed by atoms with E-state index in [1.54, 1.807) is 6.20 Å². The van der Waals surface area contributed by atoms with Gasteiger partial charge in [-0.2, -0.15) is 4.98 Å². The van der Waals surface area contributed by atoms with Gasteiger partial charge in [0.2, 0.25) is 5.95 Å². The van der Waals surface area contributed by atoms with E-state index in [9.17, 15) is 0 Å². The van der Waals surface area contributed by atoms with E-state index in [4.69, 9.17) is 0 Å². The largest absolute Gasteiger partial charge is 0.366 e. The van der Waals surface area contributed by atoms with Crippen molar-refractivity contribution in [3.63, 3.8) is 0 Å². The van der Waals surface area contributed by atoms with Gasteiger partial charge in [-0.05, 0) is 31.4 Å². The molecule has 3 rings (SSSR count). The number of aryl methyl sites for hydroxylation is 1. The van der Waals surface area contributed by atoms with Crippen LogP contribution in [0.15, 0.2) is 30.6 Å². The molecule has 0 atom stereocenters. The number of hydrogen-bond acceptors (Lipinski definition) is 5. The van der Waals surface area contributed by atoms with E-state index < -0.39 is 0 Å². The molecule has 0 saturated heterocycles. The predicted molar refractivity (Wildman–Crippen MR) is 93.4 cm³/mol. The summed E-state index contributed by atoms with van der Waals surface area (Å²) in [5.41, 5.74) is 2.12. The fourth-order valence-corrected chi connectivity index (χ4v) is 3.03. The number of rotatable bonds is 5. The molecule has 2 aromatic rings. The zero-order valence-electron chi connectivity index (χ0n) is 13.8. The van der Waals surface area contributed by atoms with Gasteiger partial charge in [0.15, 0.2) is 0 Å². The molecule has 5 nitrogen and oxygen atoms in total. The number of nitrogens with one attached hydrogen (secondary N) is 2. The van der Waals surface area contributed by atoms with Crippen molar-refractivity contribution in [3.8, 4) is 0 Å². The third kappa shape index (κ3) is 4.91. The molecular formula is C18H25N5. The second-order valence-corrected chi connectivity index (χ2v) is 6.27. The highest BCUT2D eigenvalue weighted by molar-refractivity contribution is 5.43. The maximum Gasteiger partial charge on any atom is 0.225 e.